The number of aromatic nitrogens is 2. The van der Waals surface area contributed by atoms with Crippen molar-refractivity contribution in [1.82, 2.24) is 15.5 Å². The van der Waals surface area contributed by atoms with Crippen LogP contribution < -0.4 is 10.1 Å². The van der Waals surface area contributed by atoms with Crippen LogP contribution >= 0.6 is 0 Å². The number of hydrogen-bond acceptors (Lipinski definition) is 4. The summed E-state index contributed by atoms with van der Waals surface area (Å²) < 4.78 is 11.7. The molecule has 1 unspecified atom stereocenters. The monoisotopic (exact) mass is 343 g/mol. The van der Waals surface area contributed by atoms with E-state index in [2.05, 4.69) is 22.4 Å². The van der Waals surface area contributed by atoms with E-state index < -0.39 is 0 Å². The van der Waals surface area contributed by atoms with Crippen molar-refractivity contribution < 1.29 is 14.3 Å². The SMILES string of the molecule is Cc1c(OC2CCC(NC(=O)C3CCCO3)CC2)ccc2[nH]ncc12. The second-order valence-electron chi connectivity index (χ2n) is 7.12. The molecule has 2 fully saturated rings. The molecular formula is C19H25N3O3. The third-order valence-corrected chi connectivity index (χ3v) is 5.38. The van der Waals surface area contributed by atoms with Gasteiger partial charge in [-0.15, -0.1) is 0 Å². The van der Waals surface area contributed by atoms with Crippen LogP contribution in [-0.4, -0.2) is 41.0 Å². The van der Waals surface area contributed by atoms with Gasteiger partial charge < -0.3 is 14.8 Å². The summed E-state index contributed by atoms with van der Waals surface area (Å²) >= 11 is 0. The number of ether oxygens (including phenoxy) is 2. The van der Waals surface area contributed by atoms with Crippen LogP contribution in [0.1, 0.15) is 44.1 Å². The summed E-state index contributed by atoms with van der Waals surface area (Å²) in [4.78, 5) is 12.2. The van der Waals surface area contributed by atoms with Gasteiger partial charge in [-0.25, -0.2) is 0 Å². The second kappa shape index (κ2) is 7.04. The van der Waals surface area contributed by atoms with E-state index in [9.17, 15) is 4.79 Å². The first-order chi connectivity index (χ1) is 12.2. The van der Waals surface area contributed by atoms with Crippen LogP contribution in [0.25, 0.3) is 10.9 Å². The normalized spacial score (nSPS) is 26.7. The Morgan fingerprint density at radius 1 is 1.28 bits per heavy atom. The number of amides is 1. The number of benzene rings is 1. The molecule has 6 heteroatoms. The van der Waals surface area contributed by atoms with E-state index in [1.807, 2.05) is 18.3 Å². The minimum atomic E-state index is -0.238. The Hall–Kier alpha value is -2.08. The van der Waals surface area contributed by atoms with Crippen molar-refractivity contribution in [2.75, 3.05) is 6.61 Å². The number of nitrogens with zero attached hydrogens (tertiary/aromatic N) is 1. The topological polar surface area (TPSA) is 76.2 Å². The minimum Gasteiger partial charge on any atom is -0.490 e. The zero-order chi connectivity index (χ0) is 17.2. The maximum atomic E-state index is 12.2. The van der Waals surface area contributed by atoms with Crippen molar-refractivity contribution in [3.63, 3.8) is 0 Å². The minimum absolute atomic E-state index is 0.0584. The third kappa shape index (κ3) is 3.49. The van der Waals surface area contributed by atoms with Gasteiger partial charge in [0.2, 0.25) is 5.91 Å². The summed E-state index contributed by atoms with van der Waals surface area (Å²) in [7, 11) is 0. The fraction of sp³-hybridized carbons (Fsp3) is 0.579. The molecule has 134 valence electrons. The summed E-state index contributed by atoms with van der Waals surface area (Å²) in [5.41, 5.74) is 2.16. The number of carbonyl (C=O) groups excluding carboxylic acids is 1. The molecule has 1 saturated heterocycles. The lowest BCUT2D eigenvalue weighted by Crippen LogP contribution is -2.44. The highest BCUT2D eigenvalue weighted by atomic mass is 16.5. The maximum absolute atomic E-state index is 12.2. The van der Waals surface area contributed by atoms with E-state index in [-0.39, 0.29) is 24.2 Å². The first kappa shape index (κ1) is 16.4. The molecule has 1 aromatic carbocycles. The Morgan fingerprint density at radius 2 is 2.12 bits per heavy atom. The van der Waals surface area contributed by atoms with E-state index >= 15 is 0 Å². The third-order valence-electron chi connectivity index (χ3n) is 5.38. The van der Waals surface area contributed by atoms with Gasteiger partial charge >= 0.3 is 0 Å². The number of aromatic amines is 1. The van der Waals surface area contributed by atoms with Crippen LogP contribution in [0.2, 0.25) is 0 Å². The van der Waals surface area contributed by atoms with Crippen LogP contribution in [0.5, 0.6) is 5.75 Å². The molecule has 2 N–H and O–H groups in total. The lowest BCUT2D eigenvalue weighted by molar-refractivity contribution is -0.131. The Labute approximate surface area is 147 Å². The van der Waals surface area contributed by atoms with Gasteiger partial charge in [0.25, 0.3) is 0 Å². The quantitative estimate of drug-likeness (QED) is 0.895. The summed E-state index contributed by atoms with van der Waals surface area (Å²) in [5, 5.41) is 11.3. The van der Waals surface area contributed by atoms with Gasteiger partial charge in [0, 0.05) is 23.6 Å². The zero-order valence-corrected chi connectivity index (χ0v) is 14.6. The van der Waals surface area contributed by atoms with Gasteiger partial charge in [-0.1, -0.05) is 0 Å². The fourth-order valence-corrected chi connectivity index (χ4v) is 3.85. The highest BCUT2D eigenvalue weighted by Gasteiger charge is 2.28. The number of fused-ring (bicyclic) bond motifs is 1. The number of carbonyl (C=O) groups is 1. The Bertz CT molecular complexity index is 743. The lowest BCUT2D eigenvalue weighted by Gasteiger charge is -2.30. The molecule has 1 aliphatic heterocycles. The van der Waals surface area contributed by atoms with Crippen molar-refractivity contribution in [1.29, 1.82) is 0 Å². The molecule has 1 aromatic heterocycles. The summed E-state index contributed by atoms with van der Waals surface area (Å²) in [6, 6.07) is 4.27. The van der Waals surface area contributed by atoms with Crippen molar-refractivity contribution in [2.24, 2.45) is 0 Å². The summed E-state index contributed by atoms with van der Waals surface area (Å²) in [6.45, 7) is 2.78. The molecule has 1 saturated carbocycles. The molecule has 1 atom stereocenters. The van der Waals surface area contributed by atoms with Crippen LogP contribution in [0.15, 0.2) is 18.3 Å². The molecule has 0 spiro atoms. The highest BCUT2D eigenvalue weighted by molar-refractivity contribution is 5.83. The predicted molar refractivity (Wildman–Crippen MR) is 94.6 cm³/mol. The van der Waals surface area contributed by atoms with Crippen molar-refractivity contribution in [2.45, 2.75) is 63.7 Å². The molecule has 0 radical (unpaired) electrons. The van der Waals surface area contributed by atoms with Crippen LogP contribution in [0.4, 0.5) is 0 Å². The van der Waals surface area contributed by atoms with Crippen LogP contribution in [0.3, 0.4) is 0 Å². The Kier molecular flexibility index (Phi) is 4.61. The molecule has 1 aliphatic carbocycles. The van der Waals surface area contributed by atoms with Crippen molar-refractivity contribution >= 4 is 16.8 Å². The van der Waals surface area contributed by atoms with E-state index in [1.165, 1.54) is 0 Å². The first-order valence-electron chi connectivity index (χ1n) is 9.22. The zero-order valence-electron chi connectivity index (χ0n) is 14.6. The highest BCUT2D eigenvalue weighted by Crippen LogP contribution is 2.30. The van der Waals surface area contributed by atoms with Gasteiger partial charge in [0.05, 0.1) is 17.8 Å². The van der Waals surface area contributed by atoms with Crippen LogP contribution in [-0.2, 0) is 9.53 Å². The van der Waals surface area contributed by atoms with Crippen molar-refractivity contribution in [3.05, 3.63) is 23.9 Å². The van der Waals surface area contributed by atoms with Gasteiger partial charge in [-0.2, -0.15) is 5.10 Å². The molecule has 25 heavy (non-hydrogen) atoms. The van der Waals surface area contributed by atoms with Gasteiger partial charge in [0.15, 0.2) is 0 Å². The predicted octanol–water partition coefficient (Wildman–Crippen LogP) is 2.86. The average Bonchev–Trinajstić information content (AvgIpc) is 3.30. The molecule has 4 rings (SSSR count). The number of rotatable bonds is 4. The molecule has 0 bridgehead atoms. The average molecular weight is 343 g/mol. The summed E-state index contributed by atoms with van der Waals surface area (Å²) in [6.07, 6.45) is 7.47. The Balaban J connectivity index is 1.31. The van der Waals surface area contributed by atoms with E-state index in [4.69, 9.17) is 9.47 Å². The van der Waals surface area contributed by atoms with Gasteiger partial charge in [0.1, 0.15) is 11.9 Å². The molecule has 2 aliphatic rings. The maximum Gasteiger partial charge on any atom is 0.249 e. The fourth-order valence-electron chi connectivity index (χ4n) is 3.85. The van der Waals surface area contributed by atoms with Gasteiger partial charge in [-0.05, 0) is 57.6 Å². The summed E-state index contributed by atoms with van der Waals surface area (Å²) in [5.74, 6) is 0.990. The van der Waals surface area contributed by atoms with E-state index in [1.54, 1.807) is 0 Å². The van der Waals surface area contributed by atoms with E-state index in [0.29, 0.717) is 6.61 Å². The lowest BCUT2D eigenvalue weighted by atomic mass is 9.92. The molecular weight excluding hydrogens is 318 g/mol. The standard InChI is InChI=1S/C19H25N3O3/c1-12-15-11-20-22-16(15)8-9-17(12)25-14-6-4-13(5-7-14)21-19(23)18-3-2-10-24-18/h8-9,11,13-14,18H,2-7,10H2,1H3,(H,20,22)(H,21,23). The number of aryl methyl sites for hydroxylation is 1. The number of nitrogens with one attached hydrogen (secondary N) is 2. The van der Waals surface area contributed by atoms with Crippen LogP contribution in [0, 0.1) is 6.92 Å². The first-order valence-corrected chi connectivity index (χ1v) is 9.22. The second-order valence-corrected chi connectivity index (χ2v) is 7.12. The van der Waals surface area contributed by atoms with E-state index in [0.717, 1.165) is 60.7 Å². The Morgan fingerprint density at radius 3 is 2.88 bits per heavy atom. The number of hydrogen-bond donors (Lipinski definition) is 2. The molecule has 1 amide bonds. The van der Waals surface area contributed by atoms with Crippen molar-refractivity contribution in [3.8, 4) is 5.75 Å². The molecule has 2 aromatic rings. The largest absolute Gasteiger partial charge is 0.490 e. The molecule has 2 heterocycles. The number of H-pyrrole nitrogens is 1. The molecule has 6 nitrogen and oxygen atoms in total. The van der Waals surface area contributed by atoms with Gasteiger partial charge in [-0.3, -0.25) is 9.89 Å². The smallest absolute Gasteiger partial charge is 0.249 e.